The monoisotopic (exact) mass is 205 g/mol. The van der Waals surface area contributed by atoms with Crippen LogP contribution in [0.25, 0.3) is 0 Å². The van der Waals surface area contributed by atoms with E-state index in [2.05, 4.69) is 4.98 Å². The number of halogens is 2. The van der Waals surface area contributed by atoms with Crippen LogP contribution in [0.5, 0.6) is 0 Å². The lowest BCUT2D eigenvalue weighted by molar-refractivity contribution is 0.288. The fourth-order valence-corrected chi connectivity index (χ4v) is 1.45. The zero-order valence-electron chi connectivity index (χ0n) is 6.43. The summed E-state index contributed by atoms with van der Waals surface area (Å²) in [5.74, 6) is 0. The predicted octanol–water partition coefficient (Wildman–Crippen LogP) is 2.31. The standard InChI is InChI=1S/C8H9Cl2NO/c9-7-4-6(2-1-3-12)5-8(10)11-7/h4-5,12H,1-3H2. The number of aromatic nitrogens is 1. The highest BCUT2D eigenvalue weighted by molar-refractivity contribution is 6.32. The smallest absolute Gasteiger partial charge is 0.131 e. The lowest BCUT2D eigenvalue weighted by atomic mass is 10.1. The summed E-state index contributed by atoms with van der Waals surface area (Å²) in [5, 5.41) is 9.38. The van der Waals surface area contributed by atoms with E-state index in [1.165, 1.54) is 0 Å². The summed E-state index contributed by atoms with van der Waals surface area (Å²) in [5.41, 5.74) is 1.01. The number of rotatable bonds is 3. The summed E-state index contributed by atoms with van der Waals surface area (Å²) >= 11 is 11.3. The minimum absolute atomic E-state index is 0.178. The van der Waals surface area contributed by atoms with Gasteiger partial charge >= 0.3 is 0 Å². The summed E-state index contributed by atoms with van der Waals surface area (Å²) in [6, 6.07) is 3.51. The molecule has 66 valence electrons. The summed E-state index contributed by atoms with van der Waals surface area (Å²) in [6.45, 7) is 0.178. The van der Waals surface area contributed by atoms with E-state index in [-0.39, 0.29) is 6.61 Å². The highest BCUT2D eigenvalue weighted by atomic mass is 35.5. The van der Waals surface area contributed by atoms with Gasteiger partial charge in [0.05, 0.1) is 0 Å². The van der Waals surface area contributed by atoms with Gasteiger partial charge in [-0.2, -0.15) is 0 Å². The summed E-state index contributed by atoms with van der Waals surface area (Å²) in [7, 11) is 0. The second kappa shape index (κ2) is 4.65. The molecule has 4 heteroatoms. The lowest BCUT2D eigenvalue weighted by Crippen LogP contribution is -1.90. The minimum Gasteiger partial charge on any atom is -0.396 e. The number of aliphatic hydroxyl groups excluding tert-OH is 1. The molecule has 0 fully saturated rings. The van der Waals surface area contributed by atoms with E-state index < -0.39 is 0 Å². The van der Waals surface area contributed by atoms with Crippen molar-refractivity contribution in [1.29, 1.82) is 0 Å². The van der Waals surface area contributed by atoms with Crippen molar-refractivity contribution in [3.63, 3.8) is 0 Å². The van der Waals surface area contributed by atoms with Crippen LogP contribution in [0.3, 0.4) is 0 Å². The van der Waals surface area contributed by atoms with Crippen molar-refractivity contribution >= 4 is 23.2 Å². The fourth-order valence-electron chi connectivity index (χ4n) is 0.942. The molecule has 0 aliphatic carbocycles. The Morgan fingerprint density at radius 3 is 2.33 bits per heavy atom. The van der Waals surface area contributed by atoms with Crippen LogP contribution in [0.15, 0.2) is 12.1 Å². The van der Waals surface area contributed by atoms with Gasteiger partial charge in [-0.1, -0.05) is 23.2 Å². The van der Waals surface area contributed by atoms with Gasteiger partial charge in [0.2, 0.25) is 0 Å². The van der Waals surface area contributed by atoms with E-state index in [4.69, 9.17) is 28.3 Å². The van der Waals surface area contributed by atoms with Crippen LogP contribution in [0.2, 0.25) is 10.3 Å². The molecule has 0 saturated heterocycles. The van der Waals surface area contributed by atoms with E-state index in [1.54, 1.807) is 12.1 Å². The third-order valence-corrected chi connectivity index (χ3v) is 1.83. The van der Waals surface area contributed by atoms with Crippen LogP contribution in [-0.4, -0.2) is 16.7 Å². The van der Waals surface area contributed by atoms with Crippen LogP contribution in [0.1, 0.15) is 12.0 Å². The maximum atomic E-state index is 8.58. The molecule has 12 heavy (non-hydrogen) atoms. The van der Waals surface area contributed by atoms with Gasteiger partial charge in [-0.15, -0.1) is 0 Å². The van der Waals surface area contributed by atoms with Crippen LogP contribution in [0.4, 0.5) is 0 Å². The largest absolute Gasteiger partial charge is 0.396 e. The fraction of sp³-hybridized carbons (Fsp3) is 0.375. The Kier molecular flexibility index (Phi) is 3.79. The number of hydrogen-bond acceptors (Lipinski definition) is 2. The minimum atomic E-state index is 0.178. The quantitative estimate of drug-likeness (QED) is 0.769. The van der Waals surface area contributed by atoms with Gasteiger partial charge in [0.25, 0.3) is 0 Å². The van der Waals surface area contributed by atoms with Crippen molar-refractivity contribution in [2.75, 3.05) is 6.61 Å². The number of aryl methyl sites for hydroxylation is 1. The molecule has 0 aliphatic rings. The molecule has 0 spiro atoms. The second-order valence-electron chi connectivity index (χ2n) is 2.45. The zero-order chi connectivity index (χ0) is 8.97. The molecule has 1 heterocycles. The molecule has 1 aromatic heterocycles. The van der Waals surface area contributed by atoms with E-state index in [1.807, 2.05) is 0 Å². The van der Waals surface area contributed by atoms with Gasteiger partial charge in [0, 0.05) is 6.61 Å². The van der Waals surface area contributed by atoms with Crippen molar-refractivity contribution in [3.05, 3.63) is 28.0 Å². The van der Waals surface area contributed by atoms with E-state index in [9.17, 15) is 0 Å². The van der Waals surface area contributed by atoms with E-state index in [0.717, 1.165) is 18.4 Å². The van der Waals surface area contributed by atoms with Crippen LogP contribution in [0, 0.1) is 0 Å². The molecule has 1 N–H and O–H groups in total. The molecule has 0 bridgehead atoms. The Balaban J connectivity index is 2.72. The SMILES string of the molecule is OCCCc1cc(Cl)nc(Cl)c1. The molecule has 2 nitrogen and oxygen atoms in total. The van der Waals surface area contributed by atoms with Gasteiger partial charge in [-0.05, 0) is 30.5 Å². The van der Waals surface area contributed by atoms with Crippen molar-refractivity contribution < 1.29 is 5.11 Å². The second-order valence-corrected chi connectivity index (χ2v) is 3.22. The number of pyridine rings is 1. The van der Waals surface area contributed by atoms with Crippen LogP contribution >= 0.6 is 23.2 Å². The highest BCUT2D eigenvalue weighted by Gasteiger charge is 1.98. The van der Waals surface area contributed by atoms with Gasteiger partial charge < -0.3 is 5.11 Å². The van der Waals surface area contributed by atoms with Crippen molar-refractivity contribution in [3.8, 4) is 0 Å². The molecular weight excluding hydrogens is 197 g/mol. The highest BCUT2D eigenvalue weighted by Crippen LogP contribution is 2.15. The Morgan fingerprint density at radius 1 is 1.25 bits per heavy atom. The van der Waals surface area contributed by atoms with E-state index in [0.29, 0.717) is 10.3 Å². The molecule has 0 aliphatic heterocycles. The van der Waals surface area contributed by atoms with E-state index >= 15 is 0 Å². The van der Waals surface area contributed by atoms with Gasteiger partial charge in [-0.25, -0.2) is 4.98 Å². The first-order valence-electron chi connectivity index (χ1n) is 3.65. The van der Waals surface area contributed by atoms with Crippen molar-refractivity contribution in [2.24, 2.45) is 0 Å². The third kappa shape index (κ3) is 2.97. The van der Waals surface area contributed by atoms with Gasteiger partial charge in [0.1, 0.15) is 10.3 Å². The summed E-state index contributed by atoms with van der Waals surface area (Å²) in [6.07, 6.45) is 1.50. The average molecular weight is 206 g/mol. The van der Waals surface area contributed by atoms with Gasteiger partial charge in [-0.3, -0.25) is 0 Å². The maximum Gasteiger partial charge on any atom is 0.131 e. The first-order chi connectivity index (χ1) is 5.72. The Hall–Kier alpha value is -0.310. The molecule has 0 saturated carbocycles. The van der Waals surface area contributed by atoms with Gasteiger partial charge in [0.15, 0.2) is 0 Å². The van der Waals surface area contributed by atoms with Crippen molar-refractivity contribution in [1.82, 2.24) is 4.98 Å². The van der Waals surface area contributed by atoms with Crippen LogP contribution in [-0.2, 0) is 6.42 Å². The first kappa shape index (κ1) is 9.78. The predicted molar refractivity (Wildman–Crippen MR) is 49.7 cm³/mol. The molecule has 0 aromatic carbocycles. The Labute approximate surface area is 81.1 Å². The molecular formula is C8H9Cl2NO. The molecule has 0 atom stereocenters. The third-order valence-electron chi connectivity index (χ3n) is 1.45. The molecule has 1 rings (SSSR count). The first-order valence-corrected chi connectivity index (χ1v) is 4.41. The molecule has 1 aromatic rings. The molecule has 0 unspecified atom stereocenters. The Bertz CT molecular complexity index is 245. The topological polar surface area (TPSA) is 33.1 Å². The Morgan fingerprint density at radius 2 is 1.83 bits per heavy atom. The molecule has 0 amide bonds. The lowest BCUT2D eigenvalue weighted by Gasteiger charge is -2.00. The molecule has 0 radical (unpaired) electrons. The summed E-state index contributed by atoms with van der Waals surface area (Å²) in [4.78, 5) is 3.81. The number of aliphatic hydroxyl groups is 1. The maximum absolute atomic E-state index is 8.58. The summed E-state index contributed by atoms with van der Waals surface area (Å²) < 4.78 is 0. The van der Waals surface area contributed by atoms with Crippen molar-refractivity contribution in [2.45, 2.75) is 12.8 Å². The number of nitrogens with zero attached hydrogens (tertiary/aromatic N) is 1. The zero-order valence-corrected chi connectivity index (χ0v) is 7.94. The average Bonchev–Trinajstić information content (AvgIpc) is 1.99. The van der Waals surface area contributed by atoms with Crippen LogP contribution < -0.4 is 0 Å². The number of hydrogen-bond donors (Lipinski definition) is 1. The normalized spacial score (nSPS) is 10.2.